The molecule has 1 aromatic heterocycles. The Labute approximate surface area is 216 Å². The van der Waals surface area contributed by atoms with Crippen LogP contribution in [0.4, 0.5) is 8.78 Å². The number of fused-ring (bicyclic) bond motifs is 1. The highest BCUT2D eigenvalue weighted by atomic mass is 35.5. The summed E-state index contributed by atoms with van der Waals surface area (Å²) < 4.78 is 38.9. The maximum Gasteiger partial charge on any atom is 0.287 e. The van der Waals surface area contributed by atoms with E-state index in [4.69, 9.17) is 20.8 Å². The summed E-state index contributed by atoms with van der Waals surface area (Å²) in [5, 5.41) is 15.8. The zero-order valence-electron chi connectivity index (χ0n) is 20.0. The van der Waals surface area contributed by atoms with Crippen LogP contribution in [0.2, 0.25) is 5.02 Å². The Morgan fingerprint density at radius 2 is 1.76 bits per heavy atom. The van der Waals surface area contributed by atoms with Crippen LogP contribution in [0.25, 0.3) is 22.1 Å². The molecule has 0 unspecified atom stereocenters. The van der Waals surface area contributed by atoms with Gasteiger partial charge in [-0.15, -0.1) is 0 Å². The van der Waals surface area contributed by atoms with Gasteiger partial charge in [0.05, 0.1) is 18.2 Å². The molecule has 2 saturated carbocycles. The second-order valence-corrected chi connectivity index (χ2v) is 10.2. The normalized spacial score (nSPS) is 19.0. The highest BCUT2D eigenvalue weighted by Gasteiger charge is 2.53. The lowest BCUT2D eigenvalue weighted by molar-refractivity contribution is -0.133. The molecule has 0 radical (unpaired) electrons. The van der Waals surface area contributed by atoms with Crippen LogP contribution in [0.15, 0.2) is 46.9 Å². The standard InChI is InChI=1S/C27H24ClF2N3O4/c1-36-18-4-5-19(20(28)14-18)16-2-3-17-13-22(37-21(17)12-16)23(34)32-26(8-10-27(29,30)11-9-26)24(35)33-25(15-31)6-7-25/h2-5,12-14H,6-11H2,1H3,(H,32,34)(H,33,35). The smallest absolute Gasteiger partial charge is 0.287 e. The van der Waals surface area contributed by atoms with Crippen molar-refractivity contribution in [2.24, 2.45) is 0 Å². The van der Waals surface area contributed by atoms with Gasteiger partial charge in [0.25, 0.3) is 5.91 Å². The van der Waals surface area contributed by atoms with Gasteiger partial charge >= 0.3 is 0 Å². The molecule has 2 aromatic carbocycles. The van der Waals surface area contributed by atoms with Crippen molar-refractivity contribution < 1.29 is 27.5 Å². The number of furan rings is 1. The number of carbonyl (C=O) groups is 2. The topological polar surface area (TPSA) is 104 Å². The van der Waals surface area contributed by atoms with Gasteiger partial charge in [-0.05, 0) is 61.6 Å². The number of carbonyl (C=O) groups excluding carboxylic acids is 2. The van der Waals surface area contributed by atoms with E-state index < -0.39 is 41.7 Å². The Kier molecular flexibility index (Phi) is 6.11. The molecule has 0 aliphatic heterocycles. The molecule has 0 saturated heterocycles. The van der Waals surface area contributed by atoms with Crippen molar-refractivity contribution in [1.82, 2.24) is 10.6 Å². The summed E-state index contributed by atoms with van der Waals surface area (Å²) in [7, 11) is 1.55. The average molecular weight is 528 g/mol. The van der Waals surface area contributed by atoms with Crippen molar-refractivity contribution in [3.8, 4) is 22.9 Å². The molecule has 3 aromatic rings. The molecule has 2 aliphatic rings. The third-order valence-corrected chi connectivity index (χ3v) is 7.48. The van der Waals surface area contributed by atoms with Crippen molar-refractivity contribution in [3.63, 3.8) is 0 Å². The fourth-order valence-electron chi connectivity index (χ4n) is 4.62. The molecule has 5 rings (SSSR count). The first-order valence-electron chi connectivity index (χ1n) is 11.9. The second kappa shape index (κ2) is 9.03. The van der Waals surface area contributed by atoms with Crippen molar-refractivity contribution in [2.75, 3.05) is 7.11 Å². The molecule has 37 heavy (non-hydrogen) atoms. The van der Waals surface area contributed by atoms with Crippen LogP contribution < -0.4 is 15.4 Å². The predicted octanol–water partition coefficient (Wildman–Crippen LogP) is 5.61. The summed E-state index contributed by atoms with van der Waals surface area (Å²) in [5.74, 6) is -3.67. The number of halogens is 3. The molecule has 0 spiro atoms. The fraction of sp³-hybridized carbons (Fsp3) is 0.370. The minimum absolute atomic E-state index is 0.0566. The Morgan fingerprint density at radius 3 is 2.38 bits per heavy atom. The number of alkyl halides is 2. The van der Waals surface area contributed by atoms with Crippen LogP contribution in [0.3, 0.4) is 0 Å². The third kappa shape index (κ3) is 4.86. The van der Waals surface area contributed by atoms with Crippen molar-refractivity contribution in [3.05, 3.63) is 53.2 Å². The van der Waals surface area contributed by atoms with E-state index in [0.29, 0.717) is 34.6 Å². The van der Waals surface area contributed by atoms with Crippen LogP contribution in [0.5, 0.6) is 5.75 Å². The third-order valence-electron chi connectivity index (χ3n) is 7.17. The number of hydrogen-bond donors (Lipinski definition) is 2. The first-order chi connectivity index (χ1) is 17.6. The lowest BCUT2D eigenvalue weighted by Crippen LogP contribution is -2.62. The number of nitrogens with one attached hydrogen (secondary N) is 2. The van der Waals surface area contributed by atoms with Crippen LogP contribution in [-0.4, -0.2) is 35.9 Å². The lowest BCUT2D eigenvalue weighted by Gasteiger charge is -2.39. The van der Waals surface area contributed by atoms with Crippen LogP contribution in [0, 0.1) is 11.3 Å². The van der Waals surface area contributed by atoms with Crippen molar-refractivity contribution >= 4 is 34.4 Å². The van der Waals surface area contributed by atoms with E-state index in [1.807, 2.05) is 12.1 Å². The van der Waals surface area contributed by atoms with Gasteiger partial charge in [-0.2, -0.15) is 5.26 Å². The summed E-state index contributed by atoms with van der Waals surface area (Å²) in [5.41, 5.74) is -0.626. The average Bonchev–Trinajstić information content (AvgIpc) is 3.52. The van der Waals surface area contributed by atoms with E-state index in [0.717, 1.165) is 11.1 Å². The molecule has 7 nitrogen and oxygen atoms in total. The minimum Gasteiger partial charge on any atom is -0.497 e. The number of rotatable bonds is 6. The Balaban J connectivity index is 1.41. The Hall–Kier alpha value is -3.64. The van der Waals surface area contributed by atoms with Gasteiger partial charge in [0.15, 0.2) is 5.76 Å². The van der Waals surface area contributed by atoms with E-state index in [-0.39, 0.29) is 18.6 Å². The largest absolute Gasteiger partial charge is 0.497 e. The fourth-order valence-corrected chi connectivity index (χ4v) is 4.90. The summed E-state index contributed by atoms with van der Waals surface area (Å²) in [6.07, 6.45) is -0.628. The molecule has 2 N–H and O–H groups in total. The number of benzene rings is 2. The molecule has 0 bridgehead atoms. The van der Waals surface area contributed by atoms with E-state index in [1.165, 1.54) is 6.07 Å². The number of amides is 2. The highest BCUT2D eigenvalue weighted by molar-refractivity contribution is 6.33. The molecular weight excluding hydrogens is 504 g/mol. The van der Waals surface area contributed by atoms with Crippen LogP contribution in [-0.2, 0) is 4.79 Å². The van der Waals surface area contributed by atoms with Crippen LogP contribution >= 0.6 is 11.6 Å². The quantitative estimate of drug-likeness (QED) is 0.433. The van der Waals surface area contributed by atoms with E-state index in [2.05, 4.69) is 16.7 Å². The van der Waals surface area contributed by atoms with Crippen LogP contribution in [0.1, 0.15) is 49.1 Å². The minimum atomic E-state index is -2.92. The molecule has 192 valence electrons. The summed E-state index contributed by atoms with van der Waals surface area (Å²) in [6.45, 7) is 0. The Morgan fingerprint density at radius 1 is 1.03 bits per heavy atom. The van der Waals surface area contributed by atoms with E-state index >= 15 is 0 Å². The number of nitriles is 1. The van der Waals surface area contributed by atoms with E-state index in [9.17, 15) is 23.6 Å². The van der Waals surface area contributed by atoms with E-state index in [1.54, 1.807) is 31.4 Å². The molecule has 10 heteroatoms. The molecule has 2 amide bonds. The van der Waals surface area contributed by atoms with Gasteiger partial charge in [-0.1, -0.05) is 23.7 Å². The number of hydrogen-bond acceptors (Lipinski definition) is 5. The molecule has 2 fully saturated rings. The van der Waals surface area contributed by atoms with Gasteiger partial charge in [-0.25, -0.2) is 8.78 Å². The number of ether oxygens (including phenoxy) is 1. The maximum atomic E-state index is 13.9. The van der Waals surface area contributed by atoms with Crippen molar-refractivity contribution in [2.45, 2.75) is 55.5 Å². The maximum absolute atomic E-state index is 13.9. The Bertz CT molecular complexity index is 1430. The van der Waals surface area contributed by atoms with Gasteiger partial charge in [0.2, 0.25) is 11.8 Å². The zero-order valence-corrected chi connectivity index (χ0v) is 20.8. The molecular formula is C27H24ClF2N3O4. The molecule has 0 atom stereocenters. The monoisotopic (exact) mass is 527 g/mol. The number of methoxy groups -OCH3 is 1. The van der Waals surface area contributed by atoms with Gasteiger partial charge in [0, 0.05) is 23.8 Å². The first kappa shape index (κ1) is 25.0. The van der Waals surface area contributed by atoms with Gasteiger partial charge in [-0.3, -0.25) is 9.59 Å². The SMILES string of the molecule is COc1ccc(-c2ccc3cc(C(=O)NC4(C(=O)NC5(C#N)CC5)CCC(F)(F)CC4)oc3c2)c(Cl)c1. The predicted molar refractivity (Wildman–Crippen MR) is 133 cm³/mol. The molecule has 1 heterocycles. The lowest BCUT2D eigenvalue weighted by atomic mass is 9.78. The van der Waals surface area contributed by atoms with Crippen molar-refractivity contribution in [1.29, 1.82) is 5.26 Å². The summed E-state index contributed by atoms with van der Waals surface area (Å²) >= 11 is 6.40. The van der Waals surface area contributed by atoms with Gasteiger partial charge in [0.1, 0.15) is 22.4 Å². The zero-order chi connectivity index (χ0) is 26.4. The highest BCUT2D eigenvalue weighted by Crippen LogP contribution is 2.41. The van der Waals surface area contributed by atoms with Gasteiger partial charge < -0.3 is 19.8 Å². The summed E-state index contributed by atoms with van der Waals surface area (Å²) in [4.78, 5) is 26.4. The molecule has 2 aliphatic carbocycles. The first-order valence-corrected chi connectivity index (χ1v) is 12.3. The number of nitrogens with zero attached hydrogens (tertiary/aromatic N) is 1. The summed E-state index contributed by atoms with van der Waals surface area (Å²) in [6, 6.07) is 14.2. The second-order valence-electron chi connectivity index (χ2n) is 9.75.